The lowest BCUT2D eigenvalue weighted by Gasteiger charge is -2.39. The molecule has 0 fully saturated rings. The second-order valence-electron chi connectivity index (χ2n) is 8.60. The van der Waals surface area contributed by atoms with Crippen molar-refractivity contribution in [2.75, 3.05) is 35.0 Å². The molecule has 0 spiro atoms. The van der Waals surface area contributed by atoms with Gasteiger partial charge in [-0.1, -0.05) is 36.4 Å². The van der Waals surface area contributed by atoms with E-state index >= 15 is 0 Å². The number of benzene rings is 3. The topological polar surface area (TPSA) is 83.5 Å². The van der Waals surface area contributed by atoms with Crippen LogP contribution >= 0.6 is 0 Å². The Labute approximate surface area is 216 Å². The van der Waals surface area contributed by atoms with E-state index < -0.39 is 18.1 Å². The molecule has 0 radical (unpaired) electrons. The number of esters is 1. The number of rotatable bonds is 8. The highest BCUT2D eigenvalue weighted by molar-refractivity contribution is 5.86. The first-order valence-electron chi connectivity index (χ1n) is 11.9. The zero-order valence-corrected chi connectivity index (χ0v) is 21.6. The van der Waals surface area contributed by atoms with Crippen LogP contribution in [-0.4, -0.2) is 51.8 Å². The highest BCUT2D eigenvalue weighted by Gasteiger charge is 2.38. The van der Waals surface area contributed by atoms with Gasteiger partial charge >= 0.3 is 5.97 Å². The van der Waals surface area contributed by atoms with Crippen LogP contribution in [0.2, 0.25) is 0 Å². The lowest BCUT2D eigenvalue weighted by atomic mass is 9.86. The van der Waals surface area contributed by atoms with E-state index in [0.717, 1.165) is 16.7 Å². The zero-order valence-electron chi connectivity index (χ0n) is 21.6. The Morgan fingerprint density at radius 3 is 2.05 bits per heavy atom. The molecule has 0 unspecified atom stereocenters. The fourth-order valence-corrected chi connectivity index (χ4v) is 4.77. The Kier molecular flexibility index (Phi) is 7.86. The molecule has 8 heteroatoms. The Hall–Kier alpha value is -4.20. The summed E-state index contributed by atoms with van der Waals surface area (Å²) in [4.78, 5) is 27.9. The molecule has 3 aromatic rings. The molecule has 0 bridgehead atoms. The van der Waals surface area contributed by atoms with Crippen LogP contribution in [0.4, 0.5) is 0 Å². The summed E-state index contributed by atoms with van der Waals surface area (Å²) in [5.41, 5.74) is 3.34. The number of fused-ring (bicyclic) bond motifs is 1. The van der Waals surface area contributed by atoms with E-state index in [9.17, 15) is 9.59 Å². The van der Waals surface area contributed by atoms with E-state index in [-0.39, 0.29) is 5.91 Å². The van der Waals surface area contributed by atoms with Crippen molar-refractivity contribution >= 4 is 11.9 Å². The molecule has 0 saturated heterocycles. The van der Waals surface area contributed by atoms with Crippen LogP contribution in [0, 0.1) is 0 Å². The Balaban J connectivity index is 1.87. The number of amides is 1. The number of ether oxygens (including phenoxy) is 5. The summed E-state index contributed by atoms with van der Waals surface area (Å²) in [7, 11) is 6.31. The normalized spacial score (nSPS) is 15.3. The minimum absolute atomic E-state index is 0.318. The second kappa shape index (κ2) is 11.2. The molecule has 1 aliphatic heterocycles. The van der Waals surface area contributed by atoms with Crippen molar-refractivity contribution < 1.29 is 33.3 Å². The number of carbonyl (C=O) groups excluding carboxylic acids is 2. The highest BCUT2D eigenvalue weighted by Crippen LogP contribution is 2.43. The van der Waals surface area contributed by atoms with E-state index in [1.54, 1.807) is 45.5 Å². The zero-order chi connectivity index (χ0) is 26.5. The van der Waals surface area contributed by atoms with Gasteiger partial charge in [0.15, 0.2) is 23.0 Å². The van der Waals surface area contributed by atoms with Crippen molar-refractivity contribution in [2.45, 2.75) is 25.5 Å². The standard InChI is InChI=1S/C29H31NO7/c1-18(31)37-28(19-9-7-6-8-10-19)29(32)30-14-13-20-15-25(35-4)26(36-5)17-22(20)27(30)21-11-12-23(33-2)24(16-21)34-3/h6-12,15-17,27-28H,13-14H2,1-5H3/t27-,28+/m1/s1. The predicted molar refractivity (Wildman–Crippen MR) is 137 cm³/mol. The molecular weight excluding hydrogens is 474 g/mol. The molecule has 1 heterocycles. The summed E-state index contributed by atoms with van der Waals surface area (Å²) >= 11 is 0. The Bertz CT molecular complexity index is 1270. The lowest BCUT2D eigenvalue weighted by Crippen LogP contribution is -2.44. The maximum Gasteiger partial charge on any atom is 0.303 e. The highest BCUT2D eigenvalue weighted by atomic mass is 16.5. The third kappa shape index (κ3) is 5.18. The number of methoxy groups -OCH3 is 4. The average Bonchev–Trinajstić information content (AvgIpc) is 2.94. The van der Waals surface area contributed by atoms with Gasteiger partial charge in [0.25, 0.3) is 5.91 Å². The molecule has 0 N–H and O–H groups in total. The fraction of sp³-hybridized carbons (Fsp3) is 0.310. The molecule has 37 heavy (non-hydrogen) atoms. The van der Waals surface area contributed by atoms with Gasteiger partial charge in [-0.25, -0.2) is 0 Å². The fourth-order valence-electron chi connectivity index (χ4n) is 4.77. The molecule has 0 aromatic heterocycles. The van der Waals surface area contributed by atoms with Crippen LogP contribution in [-0.2, 0) is 20.7 Å². The maximum absolute atomic E-state index is 14.1. The summed E-state index contributed by atoms with van der Waals surface area (Å²) in [6.07, 6.45) is -0.490. The molecular formula is C29H31NO7. The summed E-state index contributed by atoms with van der Waals surface area (Å²) in [6.45, 7) is 1.71. The van der Waals surface area contributed by atoms with Crippen molar-refractivity contribution in [3.8, 4) is 23.0 Å². The average molecular weight is 506 g/mol. The van der Waals surface area contributed by atoms with Gasteiger partial charge in [0.05, 0.1) is 34.5 Å². The summed E-state index contributed by atoms with van der Waals surface area (Å²) in [6, 6.07) is 18.0. The van der Waals surface area contributed by atoms with Gasteiger partial charge < -0.3 is 28.6 Å². The SMILES string of the molecule is COc1ccc([C@@H]2c3cc(OC)c(OC)cc3CCN2C(=O)[C@@H](OC(C)=O)c2ccccc2)cc1OC. The van der Waals surface area contributed by atoms with Crippen LogP contribution < -0.4 is 18.9 Å². The first-order chi connectivity index (χ1) is 17.9. The van der Waals surface area contributed by atoms with E-state index in [1.807, 2.05) is 48.5 Å². The molecule has 1 amide bonds. The molecule has 0 aliphatic carbocycles. The summed E-state index contributed by atoms with van der Waals surface area (Å²) < 4.78 is 27.7. The quantitative estimate of drug-likeness (QED) is 0.417. The van der Waals surface area contributed by atoms with E-state index in [2.05, 4.69) is 0 Å². The van der Waals surface area contributed by atoms with Crippen molar-refractivity contribution in [3.63, 3.8) is 0 Å². The van der Waals surface area contributed by atoms with Crippen LogP contribution in [0.1, 0.15) is 41.3 Å². The van der Waals surface area contributed by atoms with E-state index in [0.29, 0.717) is 41.5 Å². The number of hydrogen-bond donors (Lipinski definition) is 0. The van der Waals surface area contributed by atoms with Crippen molar-refractivity contribution in [1.29, 1.82) is 0 Å². The maximum atomic E-state index is 14.1. The van der Waals surface area contributed by atoms with Gasteiger partial charge in [-0.05, 0) is 47.4 Å². The van der Waals surface area contributed by atoms with E-state index in [1.165, 1.54) is 6.92 Å². The molecule has 1 aliphatic rings. The van der Waals surface area contributed by atoms with Gasteiger partial charge in [0.2, 0.25) is 6.10 Å². The second-order valence-corrected chi connectivity index (χ2v) is 8.60. The van der Waals surface area contributed by atoms with Crippen molar-refractivity contribution in [1.82, 2.24) is 4.90 Å². The smallest absolute Gasteiger partial charge is 0.303 e. The first kappa shape index (κ1) is 25.9. The molecule has 0 saturated carbocycles. The molecule has 194 valence electrons. The number of nitrogens with zero attached hydrogens (tertiary/aromatic N) is 1. The van der Waals surface area contributed by atoms with E-state index in [4.69, 9.17) is 23.7 Å². The minimum Gasteiger partial charge on any atom is -0.493 e. The minimum atomic E-state index is -1.08. The monoisotopic (exact) mass is 505 g/mol. The van der Waals surface area contributed by atoms with Gasteiger partial charge in [0.1, 0.15) is 0 Å². The third-order valence-corrected chi connectivity index (χ3v) is 6.49. The molecule has 8 nitrogen and oxygen atoms in total. The van der Waals surface area contributed by atoms with Gasteiger partial charge in [-0.3, -0.25) is 9.59 Å². The van der Waals surface area contributed by atoms with Crippen LogP contribution in [0.25, 0.3) is 0 Å². The number of hydrogen-bond acceptors (Lipinski definition) is 7. The number of carbonyl (C=O) groups is 2. The Morgan fingerprint density at radius 2 is 1.43 bits per heavy atom. The molecule has 2 atom stereocenters. The first-order valence-corrected chi connectivity index (χ1v) is 11.9. The van der Waals surface area contributed by atoms with Crippen molar-refractivity contribution in [3.05, 3.63) is 82.9 Å². The summed E-state index contributed by atoms with van der Waals surface area (Å²) in [5.74, 6) is 1.44. The predicted octanol–water partition coefficient (Wildman–Crippen LogP) is 4.50. The lowest BCUT2D eigenvalue weighted by molar-refractivity contribution is -0.160. The third-order valence-electron chi connectivity index (χ3n) is 6.49. The van der Waals surface area contributed by atoms with Gasteiger partial charge in [-0.15, -0.1) is 0 Å². The largest absolute Gasteiger partial charge is 0.493 e. The van der Waals surface area contributed by atoms with Crippen LogP contribution in [0.3, 0.4) is 0 Å². The Morgan fingerprint density at radius 1 is 0.811 bits per heavy atom. The van der Waals surface area contributed by atoms with Crippen LogP contribution in [0.5, 0.6) is 23.0 Å². The van der Waals surface area contributed by atoms with Gasteiger partial charge in [-0.2, -0.15) is 0 Å². The van der Waals surface area contributed by atoms with Gasteiger partial charge in [0, 0.05) is 19.0 Å². The summed E-state index contributed by atoms with van der Waals surface area (Å²) in [5, 5.41) is 0. The molecule has 4 rings (SSSR count). The van der Waals surface area contributed by atoms with Crippen molar-refractivity contribution in [2.24, 2.45) is 0 Å². The van der Waals surface area contributed by atoms with Crippen LogP contribution in [0.15, 0.2) is 60.7 Å². The molecule has 3 aromatic carbocycles.